The number of rotatable bonds is 7. The van der Waals surface area contributed by atoms with Crippen molar-refractivity contribution in [3.05, 3.63) is 54.2 Å². The molecule has 2 heterocycles. The predicted molar refractivity (Wildman–Crippen MR) is 116 cm³/mol. The second-order valence-corrected chi connectivity index (χ2v) is 7.19. The number of halogens is 1. The van der Waals surface area contributed by atoms with Crippen LogP contribution in [0.25, 0.3) is 11.4 Å². The smallest absolute Gasteiger partial charge is 0.254 e. The summed E-state index contributed by atoms with van der Waals surface area (Å²) in [4.78, 5) is 37.0. The van der Waals surface area contributed by atoms with Gasteiger partial charge in [-0.2, -0.15) is 0 Å². The summed E-state index contributed by atoms with van der Waals surface area (Å²) in [5.74, 6) is -0.229. The lowest BCUT2D eigenvalue weighted by Crippen LogP contribution is -2.20. The average Bonchev–Trinajstić information content (AvgIpc) is 3.65. The molecule has 32 heavy (non-hydrogen) atoms. The molecule has 0 unspecified atom stereocenters. The SMILES string of the molecule is CNC(=O)c1cnc(NC(=O)C2CC2)cc1Nc1cc(F)cc(-c2ncccn2)c1OC. The van der Waals surface area contributed by atoms with E-state index in [1.807, 2.05) is 0 Å². The third-order valence-electron chi connectivity index (χ3n) is 4.91. The highest BCUT2D eigenvalue weighted by atomic mass is 19.1. The van der Waals surface area contributed by atoms with Gasteiger partial charge in [0.25, 0.3) is 5.91 Å². The first-order chi connectivity index (χ1) is 15.5. The van der Waals surface area contributed by atoms with Gasteiger partial charge in [-0.05, 0) is 25.0 Å². The molecule has 3 aromatic rings. The van der Waals surface area contributed by atoms with Gasteiger partial charge < -0.3 is 20.7 Å². The number of carbonyl (C=O) groups is 2. The number of methoxy groups -OCH3 is 1. The van der Waals surface area contributed by atoms with E-state index in [1.165, 1.54) is 38.6 Å². The van der Waals surface area contributed by atoms with Crippen LogP contribution in [0.15, 0.2) is 42.9 Å². The van der Waals surface area contributed by atoms with Crippen LogP contribution >= 0.6 is 0 Å². The zero-order valence-corrected chi connectivity index (χ0v) is 17.5. The molecule has 10 heteroatoms. The largest absolute Gasteiger partial charge is 0.494 e. The number of benzene rings is 1. The van der Waals surface area contributed by atoms with E-state index in [4.69, 9.17) is 4.74 Å². The van der Waals surface area contributed by atoms with Crippen molar-refractivity contribution in [2.24, 2.45) is 5.92 Å². The molecule has 1 aliphatic rings. The molecule has 9 nitrogen and oxygen atoms in total. The fraction of sp³-hybridized carbons (Fsp3) is 0.227. The topological polar surface area (TPSA) is 118 Å². The molecule has 0 radical (unpaired) electrons. The lowest BCUT2D eigenvalue weighted by molar-refractivity contribution is -0.117. The van der Waals surface area contributed by atoms with Crippen LogP contribution in [0.2, 0.25) is 0 Å². The Morgan fingerprint density at radius 2 is 1.84 bits per heavy atom. The fourth-order valence-electron chi connectivity index (χ4n) is 3.17. The molecule has 1 aromatic carbocycles. The number of ether oxygens (including phenoxy) is 1. The van der Waals surface area contributed by atoms with E-state index in [1.54, 1.807) is 18.5 Å². The van der Waals surface area contributed by atoms with Gasteiger partial charge in [-0.15, -0.1) is 0 Å². The van der Waals surface area contributed by atoms with Crippen LogP contribution < -0.4 is 20.7 Å². The highest BCUT2D eigenvalue weighted by Crippen LogP contribution is 2.38. The molecule has 0 atom stereocenters. The summed E-state index contributed by atoms with van der Waals surface area (Å²) in [6, 6.07) is 5.68. The number of pyridine rings is 1. The molecule has 1 saturated carbocycles. The Bertz CT molecular complexity index is 1170. The number of amides is 2. The zero-order chi connectivity index (χ0) is 22.7. The maximum absolute atomic E-state index is 14.5. The maximum Gasteiger partial charge on any atom is 0.254 e. The number of nitrogens with zero attached hydrogens (tertiary/aromatic N) is 3. The minimum absolute atomic E-state index is 0.0106. The van der Waals surface area contributed by atoms with Gasteiger partial charge in [-0.1, -0.05) is 0 Å². The molecule has 1 fully saturated rings. The molecule has 0 spiro atoms. The lowest BCUT2D eigenvalue weighted by atomic mass is 10.1. The van der Waals surface area contributed by atoms with Gasteiger partial charge in [0, 0.05) is 43.7 Å². The van der Waals surface area contributed by atoms with Crippen LogP contribution in [0.5, 0.6) is 5.75 Å². The molecule has 164 valence electrons. The number of nitrogens with one attached hydrogen (secondary N) is 3. The first kappa shape index (κ1) is 21.2. The molecule has 3 N–H and O–H groups in total. The van der Waals surface area contributed by atoms with Crippen LogP contribution in [-0.4, -0.2) is 40.9 Å². The van der Waals surface area contributed by atoms with Crippen molar-refractivity contribution in [1.29, 1.82) is 0 Å². The Labute approximate surface area is 183 Å². The van der Waals surface area contributed by atoms with Crippen molar-refractivity contribution in [3.8, 4) is 17.1 Å². The summed E-state index contributed by atoms with van der Waals surface area (Å²) >= 11 is 0. The maximum atomic E-state index is 14.5. The van der Waals surface area contributed by atoms with Gasteiger partial charge in [0.2, 0.25) is 5.91 Å². The number of hydrogen-bond donors (Lipinski definition) is 3. The third kappa shape index (κ3) is 4.48. The Morgan fingerprint density at radius 3 is 2.50 bits per heavy atom. The first-order valence-electron chi connectivity index (χ1n) is 9.95. The average molecular weight is 436 g/mol. The van der Waals surface area contributed by atoms with E-state index in [-0.39, 0.29) is 34.7 Å². The van der Waals surface area contributed by atoms with Crippen molar-refractivity contribution in [2.45, 2.75) is 12.8 Å². The highest BCUT2D eigenvalue weighted by molar-refractivity contribution is 6.01. The van der Waals surface area contributed by atoms with Crippen LogP contribution in [0, 0.1) is 11.7 Å². The van der Waals surface area contributed by atoms with Crippen molar-refractivity contribution in [1.82, 2.24) is 20.3 Å². The summed E-state index contributed by atoms with van der Waals surface area (Å²) in [7, 11) is 2.93. The summed E-state index contributed by atoms with van der Waals surface area (Å²) in [5.41, 5.74) is 1.12. The van der Waals surface area contributed by atoms with Crippen LogP contribution in [-0.2, 0) is 4.79 Å². The molecule has 0 saturated heterocycles. The van der Waals surface area contributed by atoms with Crippen LogP contribution in [0.3, 0.4) is 0 Å². The highest BCUT2D eigenvalue weighted by Gasteiger charge is 2.30. The van der Waals surface area contributed by atoms with Gasteiger partial charge >= 0.3 is 0 Å². The summed E-state index contributed by atoms with van der Waals surface area (Å²) in [5, 5.41) is 8.33. The Morgan fingerprint density at radius 1 is 1.09 bits per heavy atom. The summed E-state index contributed by atoms with van der Waals surface area (Å²) in [6.45, 7) is 0. The molecule has 0 bridgehead atoms. The summed E-state index contributed by atoms with van der Waals surface area (Å²) in [6.07, 6.45) is 6.12. The van der Waals surface area contributed by atoms with Gasteiger partial charge in [0.15, 0.2) is 11.6 Å². The molecule has 4 rings (SSSR count). The first-order valence-corrected chi connectivity index (χ1v) is 9.95. The third-order valence-corrected chi connectivity index (χ3v) is 4.91. The zero-order valence-electron chi connectivity index (χ0n) is 17.5. The number of hydrogen-bond acceptors (Lipinski definition) is 7. The molecular weight excluding hydrogens is 415 g/mol. The Balaban J connectivity index is 1.75. The molecular formula is C22H21FN6O3. The van der Waals surface area contributed by atoms with Crippen LogP contribution in [0.4, 0.5) is 21.6 Å². The van der Waals surface area contributed by atoms with Crippen molar-refractivity contribution < 1.29 is 18.7 Å². The van der Waals surface area contributed by atoms with E-state index < -0.39 is 11.7 Å². The van der Waals surface area contributed by atoms with Crippen molar-refractivity contribution >= 4 is 29.0 Å². The Hall–Kier alpha value is -4.08. The van der Waals surface area contributed by atoms with Crippen LogP contribution in [0.1, 0.15) is 23.2 Å². The van der Waals surface area contributed by atoms with E-state index in [2.05, 4.69) is 30.9 Å². The summed E-state index contributed by atoms with van der Waals surface area (Å²) < 4.78 is 20.0. The molecule has 2 amide bonds. The fourth-order valence-corrected chi connectivity index (χ4v) is 3.17. The minimum Gasteiger partial charge on any atom is -0.494 e. The molecule has 0 aliphatic heterocycles. The van der Waals surface area contributed by atoms with E-state index in [0.717, 1.165) is 12.8 Å². The molecule has 2 aromatic heterocycles. The van der Waals surface area contributed by atoms with Gasteiger partial charge in [-0.3, -0.25) is 9.59 Å². The number of anilines is 3. The minimum atomic E-state index is -0.548. The van der Waals surface area contributed by atoms with Crippen molar-refractivity contribution in [2.75, 3.05) is 24.8 Å². The van der Waals surface area contributed by atoms with E-state index in [0.29, 0.717) is 17.0 Å². The predicted octanol–water partition coefficient (Wildman–Crippen LogP) is 3.14. The number of carbonyl (C=O) groups excluding carboxylic acids is 2. The lowest BCUT2D eigenvalue weighted by Gasteiger charge is -2.17. The van der Waals surface area contributed by atoms with Gasteiger partial charge in [0.05, 0.1) is 29.6 Å². The quantitative estimate of drug-likeness (QED) is 0.521. The standard InChI is InChI=1S/C22H21FN6O3/c1-24-22(31)15-11-27-18(29-21(30)12-4-5-12)10-16(15)28-17-9-13(23)8-14(19(17)32-2)20-25-6-3-7-26-20/h3,6-12H,4-5H2,1-2H3,(H,24,31)(H2,27,28,29,30). The van der Waals surface area contributed by atoms with Crippen molar-refractivity contribution in [3.63, 3.8) is 0 Å². The van der Waals surface area contributed by atoms with Gasteiger partial charge in [0.1, 0.15) is 11.6 Å². The second-order valence-electron chi connectivity index (χ2n) is 7.19. The normalized spacial score (nSPS) is 12.7. The second kappa shape index (κ2) is 8.96. The Kier molecular flexibility index (Phi) is 5.93. The molecule has 1 aliphatic carbocycles. The number of aromatic nitrogens is 3. The van der Waals surface area contributed by atoms with E-state index in [9.17, 15) is 14.0 Å². The van der Waals surface area contributed by atoms with E-state index >= 15 is 0 Å². The van der Waals surface area contributed by atoms with Gasteiger partial charge in [-0.25, -0.2) is 19.3 Å². The monoisotopic (exact) mass is 436 g/mol.